The lowest BCUT2D eigenvalue weighted by Crippen LogP contribution is -2.34. The fourth-order valence-corrected chi connectivity index (χ4v) is 3.88. The third-order valence-electron chi connectivity index (χ3n) is 5.35. The van der Waals surface area contributed by atoms with Gasteiger partial charge >= 0.3 is 0 Å². The number of fused-ring (bicyclic) bond motifs is 2. The van der Waals surface area contributed by atoms with Crippen LogP contribution < -0.4 is 5.56 Å². The van der Waals surface area contributed by atoms with E-state index >= 15 is 0 Å². The molecule has 0 spiro atoms. The smallest absolute Gasteiger partial charge is 0.270 e. The Balaban J connectivity index is 1.69. The third-order valence-corrected chi connectivity index (χ3v) is 5.35. The Kier molecular flexibility index (Phi) is 3.56. The van der Waals surface area contributed by atoms with Gasteiger partial charge in [0.05, 0.1) is 0 Å². The van der Waals surface area contributed by atoms with Crippen LogP contribution in [0.15, 0.2) is 16.9 Å². The fourth-order valence-electron chi connectivity index (χ4n) is 3.88. The van der Waals surface area contributed by atoms with Crippen LogP contribution in [0.25, 0.3) is 10.9 Å². The topological polar surface area (TPSA) is 84.8 Å². The van der Waals surface area contributed by atoms with Crippen molar-refractivity contribution in [3.05, 3.63) is 56.1 Å². The molecule has 3 aromatic rings. The summed E-state index contributed by atoms with van der Waals surface area (Å²) in [5, 5.41) is 6.70. The van der Waals surface area contributed by atoms with Gasteiger partial charge in [-0.1, -0.05) is 12.1 Å². The Morgan fingerprint density at radius 2 is 1.76 bits per heavy atom. The van der Waals surface area contributed by atoms with Gasteiger partial charge in [0.1, 0.15) is 5.69 Å². The Morgan fingerprint density at radius 3 is 2.52 bits per heavy atom. The van der Waals surface area contributed by atoms with Crippen LogP contribution in [0.1, 0.15) is 38.4 Å². The molecule has 0 radical (unpaired) electrons. The van der Waals surface area contributed by atoms with Crippen LogP contribution in [-0.4, -0.2) is 39.1 Å². The summed E-state index contributed by atoms with van der Waals surface area (Å²) >= 11 is 0. The number of H-pyrrole nitrogens is 3. The van der Waals surface area contributed by atoms with Crippen LogP contribution in [0, 0.1) is 20.8 Å². The van der Waals surface area contributed by atoms with Gasteiger partial charge in [-0.3, -0.25) is 14.7 Å². The number of nitrogens with one attached hydrogen (secondary N) is 3. The highest BCUT2D eigenvalue weighted by Gasteiger charge is 2.25. The summed E-state index contributed by atoms with van der Waals surface area (Å²) in [5.74, 6) is 0.00841. The molecule has 1 aliphatic heterocycles. The molecule has 130 valence electrons. The molecule has 4 rings (SSSR count). The highest BCUT2D eigenvalue weighted by molar-refractivity contribution is 6.02. The number of carbonyl (C=O) groups excluding carboxylic acids is 1. The summed E-state index contributed by atoms with van der Waals surface area (Å²) in [6.45, 7) is 7.29. The van der Waals surface area contributed by atoms with Crippen molar-refractivity contribution in [3.63, 3.8) is 0 Å². The largest absolute Gasteiger partial charge is 0.350 e. The molecule has 6 nitrogen and oxygen atoms in total. The molecule has 0 atom stereocenters. The van der Waals surface area contributed by atoms with E-state index in [9.17, 15) is 9.59 Å². The van der Waals surface area contributed by atoms with Crippen molar-refractivity contribution in [2.75, 3.05) is 13.1 Å². The second-order valence-corrected chi connectivity index (χ2v) is 6.90. The minimum atomic E-state index is -0.0719. The van der Waals surface area contributed by atoms with Crippen molar-refractivity contribution < 1.29 is 4.79 Å². The lowest BCUT2D eigenvalue weighted by atomic mass is 10.0. The van der Waals surface area contributed by atoms with Gasteiger partial charge in [0.15, 0.2) is 0 Å². The molecule has 1 aliphatic rings. The number of hydrogen-bond acceptors (Lipinski definition) is 2. The van der Waals surface area contributed by atoms with E-state index in [0.29, 0.717) is 31.6 Å². The molecule has 0 aliphatic carbocycles. The highest BCUT2D eigenvalue weighted by atomic mass is 16.2. The van der Waals surface area contributed by atoms with Crippen molar-refractivity contribution in [2.24, 2.45) is 0 Å². The number of aryl methyl sites for hydroxylation is 3. The standard InChI is InChI=1S/C19H22N4O2/c1-10-4-5-11(2)16-15(10)12(3)17(20-16)19(25)23-8-6-13-14(7-9-23)21-22-18(13)24/h4-5,20H,6-9H2,1-3H3,(H2,21,22,24). The Labute approximate surface area is 145 Å². The van der Waals surface area contributed by atoms with Gasteiger partial charge in [-0.2, -0.15) is 0 Å². The van der Waals surface area contributed by atoms with Crippen LogP contribution in [0.5, 0.6) is 0 Å². The molecule has 0 saturated heterocycles. The van der Waals surface area contributed by atoms with Crippen molar-refractivity contribution in [3.8, 4) is 0 Å². The number of aromatic nitrogens is 3. The summed E-state index contributed by atoms with van der Waals surface area (Å²) in [5.41, 5.74) is 6.63. The molecule has 0 fully saturated rings. The van der Waals surface area contributed by atoms with Gasteiger partial charge in [0.2, 0.25) is 0 Å². The SMILES string of the molecule is Cc1ccc(C)c2c(C)c(C(=O)N3CCc4[nH][nH]c(=O)c4CC3)[nH]c12. The average molecular weight is 338 g/mol. The number of hydrogen-bond donors (Lipinski definition) is 3. The van der Waals surface area contributed by atoms with Gasteiger partial charge in [0, 0.05) is 41.7 Å². The first-order valence-corrected chi connectivity index (χ1v) is 8.63. The van der Waals surface area contributed by atoms with Gasteiger partial charge in [-0.05, 0) is 43.9 Å². The van der Waals surface area contributed by atoms with E-state index in [1.165, 1.54) is 5.56 Å². The van der Waals surface area contributed by atoms with Crippen LogP contribution in [0.2, 0.25) is 0 Å². The zero-order chi connectivity index (χ0) is 17.7. The second kappa shape index (κ2) is 5.65. The van der Waals surface area contributed by atoms with E-state index in [0.717, 1.165) is 33.3 Å². The zero-order valence-electron chi connectivity index (χ0n) is 14.7. The molecule has 3 heterocycles. The van der Waals surface area contributed by atoms with Crippen LogP contribution in [-0.2, 0) is 12.8 Å². The van der Waals surface area contributed by atoms with Crippen molar-refractivity contribution >= 4 is 16.8 Å². The summed E-state index contributed by atoms with van der Waals surface area (Å²) in [6, 6.07) is 4.17. The second-order valence-electron chi connectivity index (χ2n) is 6.90. The first kappa shape index (κ1) is 15.7. The van der Waals surface area contributed by atoms with Crippen molar-refractivity contribution in [2.45, 2.75) is 33.6 Å². The third kappa shape index (κ3) is 2.40. The first-order chi connectivity index (χ1) is 12.0. The molecule has 3 N–H and O–H groups in total. The molecule has 1 aromatic carbocycles. The Bertz CT molecular complexity index is 1040. The summed E-state index contributed by atoms with van der Waals surface area (Å²) in [6.07, 6.45) is 1.24. The summed E-state index contributed by atoms with van der Waals surface area (Å²) in [7, 11) is 0. The molecule has 0 unspecified atom stereocenters. The Hall–Kier alpha value is -2.76. The maximum absolute atomic E-state index is 13.1. The lowest BCUT2D eigenvalue weighted by Gasteiger charge is -2.20. The number of carbonyl (C=O) groups is 1. The predicted molar refractivity (Wildman–Crippen MR) is 97.2 cm³/mol. The van der Waals surface area contributed by atoms with Gasteiger partial charge < -0.3 is 15.0 Å². The maximum atomic E-state index is 13.1. The predicted octanol–water partition coefficient (Wildman–Crippen LogP) is 2.35. The van der Waals surface area contributed by atoms with E-state index in [2.05, 4.69) is 41.2 Å². The number of rotatable bonds is 1. The number of aromatic amines is 3. The van der Waals surface area contributed by atoms with E-state index < -0.39 is 0 Å². The molecule has 0 saturated carbocycles. The van der Waals surface area contributed by atoms with E-state index in [4.69, 9.17) is 0 Å². The zero-order valence-corrected chi connectivity index (χ0v) is 14.7. The van der Waals surface area contributed by atoms with Crippen LogP contribution in [0.3, 0.4) is 0 Å². The molecule has 2 aromatic heterocycles. The highest BCUT2D eigenvalue weighted by Crippen LogP contribution is 2.28. The molecular formula is C19H22N4O2. The molecule has 0 bridgehead atoms. The maximum Gasteiger partial charge on any atom is 0.270 e. The van der Waals surface area contributed by atoms with Gasteiger partial charge in [-0.15, -0.1) is 0 Å². The minimum Gasteiger partial charge on any atom is -0.350 e. The fraction of sp³-hybridized carbons (Fsp3) is 0.368. The monoisotopic (exact) mass is 338 g/mol. The number of benzene rings is 1. The average Bonchev–Trinajstić information content (AvgIpc) is 3.04. The lowest BCUT2D eigenvalue weighted by molar-refractivity contribution is 0.0757. The van der Waals surface area contributed by atoms with Crippen LogP contribution >= 0.6 is 0 Å². The van der Waals surface area contributed by atoms with E-state index in [-0.39, 0.29) is 11.5 Å². The van der Waals surface area contributed by atoms with E-state index in [1.54, 1.807) is 0 Å². The Morgan fingerprint density at radius 1 is 1.04 bits per heavy atom. The summed E-state index contributed by atoms with van der Waals surface area (Å²) in [4.78, 5) is 30.1. The van der Waals surface area contributed by atoms with Crippen molar-refractivity contribution in [1.29, 1.82) is 0 Å². The number of amides is 1. The molecule has 6 heteroatoms. The summed E-state index contributed by atoms with van der Waals surface area (Å²) < 4.78 is 0. The molecule has 1 amide bonds. The van der Waals surface area contributed by atoms with Gasteiger partial charge in [-0.25, -0.2) is 0 Å². The number of nitrogens with zero attached hydrogens (tertiary/aromatic N) is 1. The molecule has 25 heavy (non-hydrogen) atoms. The van der Waals surface area contributed by atoms with E-state index in [1.807, 2.05) is 11.8 Å². The minimum absolute atomic E-state index is 0.00841. The first-order valence-electron chi connectivity index (χ1n) is 8.63. The van der Waals surface area contributed by atoms with Gasteiger partial charge in [0.25, 0.3) is 11.5 Å². The van der Waals surface area contributed by atoms with Crippen molar-refractivity contribution in [1.82, 2.24) is 20.1 Å². The molecular weight excluding hydrogens is 316 g/mol. The van der Waals surface area contributed by atoms with Crippen LogP contribution in [0.4, 0.5) is 0 Å². The normalized spacial score (nSPS) is 14.6. The quantitative estimate of drug-likeness (QED) is 0.636.